The first kappa shape index (κ1) is 13.6. The summed E-state index contributed by atoms with van der Waals surface area (Å²) in [5.74, 6) is -0.148. The minimum Gasteiger partial charge on any atom is -0.326 e. The molecule has 0 saturated carbocycles. The molecule has 2 rings (SSSR count). The van der Waals surface area contributed by atoms with Crippen LogP contribution in [0.25, 0.3) is 0 Å². The molecule has 1 unspecified atom stereocenters. The molecular weight excluding hydrogens is 244 g/mol. The summed E-state index contributed by atoms with van der Waals surface area (Å²) in [6.45, 7) is 6.56. The van der Waals surface area contributed by atoms with E-state index in [1.807, 2.05) is 11.6 Å². The zero-order valence-electron chi connectivity index (χ0n) is 11.9. The van der Waals surface area contributed by atoms with Crippen molar-refractivity contribution >= 4 is 11.8 Å². The number of likely N-dealkylation sites (N-methyl/N-ethyl adjacent to an activating group) is 1. The molecule has 1 fully saturated rings. The zero-order chi connectivity index (χ0) is 14.2. The third kappa shape index (κ3) is 2.34. The summed E-state index contributed by atoms with van der Waals surface area (Å²) in [5, 5.41) is 4.29. The monoisotopic (exact) mass is 264 g/mol. The van der Waals surface area contributed by atoms with Gasteiger partial charge >= 0.3 is 0 Å². The predicted octanol–water partition coefficient (Wildman–Crippen LogP) is 1.03. The second-order valence-electron chi connectivity index (χ2n) is 5.08. The van der Waals surface area contributed by atoms with Gasteiger partial charge in [-0.1, -0.05) is 6.92 Å². The molecule has 0 aromatic carbocycles. The number of rotatable bonds is 3. The van der Waals surface area contributed by atoms with Crippen molar-refractivity contribution in [2.45, 2.75) is 33.2 Å². The van der Waals surface area contributed by atoms with Gasteiger partial charge in [0.15, 0.2) is 0 Å². The van der Waals surface area contributed by atoms with Gasteiger partial charge in [0.2, 0.25) is 5.91 Å². The Labute approximate surface area is 113 Å². The number of amides is 2. The average molecular weight is 264 g/mol. The Kier molecular flexibility index (Phi) is 3.59. The lowest BCUT2D eigenvalue weighted by molar-refractivity contribution is -0.125. The normalized spacial score (nSPS) is 17.2. The first-order chi connectivity index (χ1) is 8.95. The van der Waals surface area contributed by atoms with Crippen molar-refractivity contribution in [1.29, 1.82) is 0 Å². The maximum absolute atomic E-state index is 12.4. The number of hydrogen-bond acceptors (Lipinski definition) is 3. The van der Waals surface area contributed by atoms with Crippen molar-refractivity contribution < 1.29 is 9.59 Å². The Hall–Kier alpha value is -1.85. The van der Waals surface area contributed by atoms with Gasteiger partial charge in [0.25, 0.3) is 5.91 Å². The summed E-state index contributed by atoms with van der Waals surface area (Å²) in [5.41, 5.74) is 1.45. The molecular formula is C13H20N4O2. The summed E-state index contributed by atoms with van der Waals surface area (Å²) in [7, 11) is 1.70. The predicted molar refractivity (Wildman–Crippen MR) is 70.6 cm³/mol. The largest absolute Gasteiger partial charge is 0.326 e. The molecule has 1 aliphatic rings. The van der Waals surface area contributed by atoms with Crippen LogP contribution in [0.1, 0.15) is 42.4 Å². The van der Waals surface area contributed by atoms with Crippen molar-refractivity contribution in [3.63, 3.8) is 0 Å². The molecule has 1 aromatic heterocycles. The Morgan fingerprint density at radius 3 is 2.74 bits per heavy atom. The fourth-order valence-corrected chi connectivity index (χ4v) is 2.23. The van der Waals surface area contributed by atoms with Gasteiger partial charge in [-0.3, -0.25) is 14.3 Å². The highest BCUT2D eigenvalue weighted by molar-refractivity contribution is 5.98. The molecule has 0 aliphatic carbocycles. The maximum atomic E-state index is 12.4. The van der Waals surface area contributed by atoms with E-state index in [2.05, 4.69) is 18.9 Å². The zero-order valence-corrected chi connectivity index (χ0v) is 11.9. The number of hydrogen-bond donors (Lipinski definition) is 0. The number of carbonyl (C=O) groups excluding carboxylic acids is 2. The average Bonchev–Trinajstić information content (AvgIpc) is 2.92. The third-order valence-corrected chi connectivity index (χ3v) is 3.71. The molecule has 1 atom stereocenters. The second-order valence-corrected chi connectivity index (χ2v) is 5.08. The Morgan fingerprint density at radius 2 is 2.21 bits per heavy atom. The minimum absolute atomic E-state index is 0.0275. The summed E-state index contributed by atoms with van der Waals surface area (Å²) < 4.78 is 1.87. The van der Waals surface area contributed by atoms with E-state index in [0.29, 0.717) is 12.2 Å². The summed E-state index contributed by atoms with van der Waals surface area (Å²) in [6, 6.07) is 0.268. The Bertz CT molecular complexity index is 509. The molecule has 0 N–H and O–H groups in total. The fraction of sp³-hybridized carbons (Fsp3) is 0.615. The van der Waals surface area contributed by atoms with Gasteiger partial charge in [-0.25, -0.2) is 0 Å². The highest BCUT2D eigenvalue weighted by Gasteiger charge is 2.30. The standard InChI is InChI=1S/C13H20N4O2/c1-5-9(2)17-10(3)11(6-14-17)13(19)16-7-12(18)15(4)8-16/h6,9H,5,7-8H2,1-4H3. The van der Waals surface area contributed by atoms with Crippen molar-refractivity contribution in [2.24, 2.45) is 0 Å². The van der Waals surface area contributed by atoms with Crippen molar-refractivity contribution in [3.05, 3.63) is 17.5 Å². The molecule has 6 heteroatoms. The van der Waals surface area contributed by atoms with Crippen molar-refractivity contribution in [1.82, 2.24) is 19.6 Å². The van der Waals surface area contributed by atoms with E-state index >= 15 is 0 Å². The second kappa shape index (κ2) is 5.03. The highest BCUT2D eigenvalue weighted by Crippen LogP contribution is 2.18. The van der Waals surface area contributed by atoms with Crippen LogP contribution in [0.15, 0.2) is 6.20 Å². The lowest BCUT2D eigenvalue weighted by Gasteiger charge is -2.16. The van der Waals surface area contributed by atoms with Crippen molar-refractivity contribution in [3.8, 4) is 0 Å². The van der Waals surface area contributed by atoms with Gasteiger partial charge < -0.3 is 9.80 Å². The first-order valence-corrected chi connectivity index (χ1v) is 6.53. The topological polar surface area (TPSA) is 58.4 Å². The smallest absolute Gasteiger partial charge is 0.259 e. The van der Waals surface area contributed by atoms with E-state index in [0.717, 1.165) is 12.1 Å². The highest BCUT2D eigenvalue weighted by atomic mass is 16.2. The molecule has 2 amide bonds. The van der Waals surface area contributed by atoms with Crippen LogP contribution < -0.4 is 0 Å². The van der Waals surface area contributed by atoms with E-state index in [-0.39, 0.29) is 24.4 Å². The minimum atomic E-state index is -0.121. The van der Waals surface area contributed by atoms with Crippen LogP contribution in [0.4, 0.5) is 0 Å². The van der Waals surface area contributed by atoms with Crippen LogP contribution in [0, 0.1) is 6.92 Å². The maximum Gasteiger partial charge on any atom is 0.259 e. The molecule has 104 valence electrons. The van der Waals surface area contributed by atoms with Crippen LogP contribution in [0.2, 0.25) is 0 Å². The molecule has 0 radical (unpaired) electrons. The lowest BCUT2D eigenvalue weighted by atomic mass is 10.2. The van der Waals surface area contributed by atoms with Crippen LogP contribution in [-0.4, -0.2) is 51.7 Å². The van der Waals surface area contributed by atoms with Gasteiger partial charge in [-0.2, -0.15) is 5.10 Å². The Balaban J connectivity index is 2.21. The fourth-order valence-electron chi connectivity index (χ4n) is 2.23. The SMILES string of the molecule is CCC(C)n1ncc(C(=O)N2CC(=O)N(C)C2)c1C. The van der Waals surface area contributed by atoms with Crippen LogP contribution in [0.3, 0.4) is 0 Å². The van der Waals surface area contributed by atoms with Gasteiger partial charge in [0, 0.05) is 18.8 Å². The van der Waals surface area contributed by atoms with Gasteiger partial charge in [0.05, 0.1) is 18.4 Å². The van der Waals surface area contributed by atoms with Crippen LogP contribution in [0.5, 0.6) is 0 Å². The summed E-state index contributed by atoms with van der Waals surface area (Å²) in [6.07, 6.45) is 2.56. The van der Waals surface area contributed by atoms with Gasteiger partial charge in [-0.05, 0) is 20.3 Å². The lowest BCUT2D eigenvalue weighted by Crippen LogP contribution is -2.30. The molecule has 19 heavy (non-hydrogen) atoms. The summed E-state index contributed by atoms with van der Waals surface area (Å²) in [4.78, 5) is 26.9. The van der Waals surface area contributed by atoms with Gasteiger partial charge in [0.1, 0.15) is 6.54 Å². The quantitative estimate of drug-likeness (QED) is 0.819. The van der Waals surface area contributed by atoms with Crippen LogP contribution in [-0.2, 0) is 4.79 Å². The molecule has 0 bridgehead atoms. The van der Waals surface area contributed by atoms with Gasteiger partial charge in [-0.15, -0.1) is 0 Å². The molecule has 1 aromatic rings. The molecule has 1 aliphatic heterocycles. The number of aromatic nitrogens is 2. The van der Waals surface area contributed by atoms with E-state index in [1.54, 1.807) is 23.0 Å². The third-order valence-electron chi connectivity index (χ3n) is 3.71. The number of carbonyl (C=O) groups is 2. The Morgan fingerprint density at radius 1 is 1.53 bits per heavy atom. The van der Waals surface area contributed by atoms with Crippen molar-refractivity contribution in [2.75, 3.05) is 20.3 Å². The molecule has 2 heterocycles. The molecule has 1 saturated heterocycles. The number of nitrogens with zero attached hydrogens (tertiary/aromatic N) is 4. The van der Waals surface area contributed by atoms with E-state index in [1.165, 1.54) is 0 Å². The summed E-state index contributed by atoms with van der Waals surface area (Å²) >= 11 is 0. The van der Waals surface area contributed by atoms with E-state index in [9.17, 15) is 9.59 Å². The van der Waals surface area contributed by atoms with E-state index in [4.69, 9.17) is 0 Å². The molecule has 6 nitrogen and oxygen atoms in total. The molecule has 0 spiro atoms. The first-order valence-electron chi connectivity index (χ1n) is 6.53. The van der Waals surface area contributed by atoms with Crippen LogP contribution >= 0.6 is 0 Å². The van der Waals surface area contributed by atoms with E-state index < -0.39 is 0 Å².